The van der Waals surface area contributed by atoms with E-state index in [1.54, 1.807) is 0 Å². The zero-order chi connectivity index (χ0) is 14.2. The van der Waals surface area contributed by atoms with Gasteiger partial charge in [-0.05, 0) is 30.5 Å². The Kier molecular flexibility index (Phi) is 4.48. The van der Waals surface area contributed by atoms with Crippen LogP contribution in [-0.4, -0.2) is 15.7 Å². The van der Waals surface area contributed by atoms with Gasteiger partial charge in [-0.2, -0.15) is 0 Å². The smallest absolute Gasteiger partial charge is 0.240 e. The number of alkyl halides is 1. The molecule has 1 heterocycles. The quantitative estimate of drug-likeness (QED) is 0.811. The van der Waals surface area contributed by atoms with Crippen LogP contribution < -0.4 is 5.32 Å². The van der Waals surface area contributed by atoms with Crippen LogP contribution in [0.2, 0.25) is 5.02 Å². The van der Waals surface area contributed by atoms with E-state index in [9.17, 15) is 4.79 Å². The summed E-state index contributed by atoms with van der Waals surface area (Å²) in [6.45, 7) is 5.93. The largest absolute Gasteiger partial charge is 0.301 e. The molecule has 1 aromatic carbocycles. The Balaban J connectivity index is 2.27. The third-order valence-corrected chi connectivity index (χ3v) is 5.33. The van der Waals surface area contributed by atoms with Gasteiger partial charge in [0.1, 0.15) is 0 Å². The molecule has 0 radical (unpaired) electrons. The lowest BCUT2D eigenvalue weighted by Gasteiger charge is -2.11. The van der Waals surface area contributed by atoms with Crippen molar-refractivity contribution in [3.8, 4) is 0 Å². The summed E-state index contributed by atoms with van der Waals surface area (Å²) in [5, 5.41) is 4.13. The van der Waals surface area contributed by atoms with Crippen molar-refractivity contribution in [1.82, 2.24) is 4.98 Å². The minimum atomic E-state index is -0.218. The zero-order valence-electron chi connectivity index (χ0n) is 10.8. The molecule has 102 valence electrons. The summed E-state index contributed by atoms with van der Waals surface area (Å²) in [7, 11) is 0. The molecule has 0 unspecified atom stereocenters. The van der Waals surface area contributed by atoms with Gasteiger partial charge >= 0.3 is 0 Å². The van der Waals surface area contributed by atoms with E-state index in [0.717, 1.165) is 15.8 Å². The van der Waals surface area contributed by atoms with Crippen molar-refractivity contribution < 1.29 is 4.79 Å². The van der Waals surface area contributed by atoms with Crippen LogP contribution in [0.25, 0.3) is 10.2 Å². The van der Waals surface area contributed by atoms with Crippen LogP contribution in [0.5, 0.6) is 0 Å². The average Bonchev–Trinajstić information content (AvgIpc) is 2.70. The molecule has 2 aromatic rings. The first kappa shape index (κ1) is 14.8. The number of hydrogen-bond donors (Lipinski definition) is 1. The molecule has 1 amide bonds. The monoisotopic (exact) mass is 360 g/mol. The normalized spacial score (nSPS) is 12.9. The average molecular weight is 362 g/mol. The molecule has 2 rings (SSSR count). The van der Waals surface area contributed by atoms with Crippen molar-refractivity contribution in [3.63, 3.8) is 0 Å². The van der Waals surface area contributed by atoms with Gasteiger partial charge in [-0.3, -0.25) is 4.79 Å². The molecule has 0 saturated carbocycles. The number of aromatic nitrogens is 1. The van der Waals surface area contributed by atoms with Crippen molar-refractivity contribution in [2.45, 2.75) is 25.6 Å². The van der Waals surface area contributed by atoms with Crippen molar-refractivity contribution in [3.05, 3.63) is 22.7 Å². The predicted molar refractivity (Wildman–Crippen MR) is 85.5 cm³/mol. The number of anilines is 1. The maximum absolute atomic E-state index is 12.0. The van der Waals surface area contributed by atoms with Crippen LogP contribution in [0.1, 0.15) is 19.4 Å². The fourth-order valence-electron chi connectivity index (χ4n) is 1.68. The van der Waals surface area contributed by atoms with E-state index in [4.69, 9.17) is 11.6 Å². The summed E-state index contributed by atoms with van der Waals surface area (Å²) in [4.78, 5) is 16.2. The second-order valence-corrected chi connectivity index (χ2v) is 7.18. The van der Waals surface area contributed by atoms with E-state index in [-0.39, 0.29) is 16.7 Å². The maximum atomic E-state index is 12.0. The Bertz CT molecular complexity index is 626. The number of benzene rings is 1. The third-order valence-electron chi connectivity index (χ3n) is 2.72. The van der Waals surface area contributed by atoms with Crippen LogP contribution in [0.3, 0.4) is 0 Å². The fraction of sp³-hybridized carbons (Fsp3) is 0.385. The number of aryl methyl sites for hydroxylation is 1. The third kappa shape index (κ3) is 3.27. The van der Waals surface area contributed by atoms with Gasteiger partial charge in [-0.25, -0.2) is 4.98 Å². The zero-order valence-corrected chi connectivity index (χ0v) is 14.0. The number of halogens is 2. The molecule has 6 heteroatoms. The van der Waals surface area contributed by atoms with E-state index in [0.29, 0.717) is 10.2 Å². The summed E-state index contributed by atoms with van der Waals surface area (Å²) < 4.78 is 0.982. The lowest BCUT2D eigenvalue weighted by molar-refractivity contribution is -0.116. The van der Waals surface area contributed by atoms with E-state index in [1.165, 1.54) is 11.3 Å². The number of hydrogen-bond acceptors (Lipinski definition) is 3. The van der Waals surface area contributed by atoms with Crippen LogP contribution in [0.15, 0.2) is 12.1 Å². The SMILES string of the molecule is Cc1cc(Cl)cc2sc(NC(=O)[C@H](Br)C(C)C)nc12. The van der Waals surface area contributed by atoms with Crippen molar-refractivity contribution >= 4 is 60.1 Å². The van der Waals surface area contributed by atoms with Crippen LogP contribution in [0, 0.1) is 12.8 Å². The number of rotatable bonds is 3. The van der Waals surface area contributed by atoms with Crippen molar-refractivity contribution in [2.75, 3.05) is 5.32 Å². The summed E-state index contributed by atoms with van der Waals surface area (Å²) in [6, 6.07) is 3.74. The molecule has 0 bridgehead atoms. The lowest BCUT2D eigenvalue weighted by atomic mass is 10.1. The highest BCUT2D eigenvalue weighted by atomic mass is 79.9. The number of carbonyl (C=O) groups is 1. The Hall–Kier alpha value is -0.650. The minimum Gasteiger partial charge on any atom is -0.301 e. The van der Waals surface area contributed by atoms with E-state index < -0.39 is 0 Å². The van der Waals surface area contributed by atoms with Gasteiger partial charge in [0, 0.05) is 5.02 Å². The molecule has 3 nitrogen and oxygen atoms in total. The molecule has 0 saturated heterocycles. The van der Waals surface area contributed by atoms with Crippen LogP contribution in [0.4, 0.5) is 5.13 Å². The van der Waals surface area contributed by atoms with Crippen LogP contribution in [-0.2, 0) is 4.79 Å². The van der Waals surface area contributed by atoms with Crippen LogP contribution >= 0.6 is 38.9 Å². The Morgan fingerprint density at radius 1 is 1.47 bits per heavy atom. The molecule has 0 spiro atoms. The number of nitrogens with one attached hydrogen (secondary N) is 1. The van der Waals surface area contributed by atoms with Gasteiger partial charge in [-0.15, -0.1) is 0 Å². The Labute approximate surface area is 129 Å². The fourth-order valence-corrected chi connectivity index (χ4v) is 3.12. The van der Waals surface area contributed by atoms with Crippen molar-refractivity contribution in [1.29, 1.82) is 0 Å². The van der Waals surface area contributed by atoms with Gasteiger partial charge in [-0.1, -0.05) is 52.7 Å². The molecule has 0 fully saturated rings. The predicted octanol–water partition coefficient (Wildman–Crippen LogP) is 4.62. The van der Waals surface area contributed by atoms with Gasteiger partial charge in [0.15, 0.2) is 5.13 Å². The summed E-state index contributed by atoms with van der Waals surface area (Å²) in [5.41, 5.74) is 1.90. The second kappa shape index (κ2) is 5.77. The highest BCUT2D eigenvalue weighted by Crippen LogP contribution is 2.31. The summed E-state index contributed by atoms with van der Waals surface area (Å²) in [5.74, 6) is 0.156. The standard InChI is InChI=1S/C13H14BrClN2OS/c1-6(2)10(14)12(18)17-13-16-11-7(3)4-8(15)5-9(11)19-13/h4-6,10H,1-3H3,(H,16,17,18)/t10-/m1/s1. The summed E-state index contributed by atoms with van der Waals surface area (Å²) >= 11 is 10.8. The van der Waals surface area contributed by atoms with Gasteiger partial charge in [0.2, 0.25) is 5.91 Å². The number of nitrogens with zero attached hydrogens (tertiary/aromatic N) is 1. The minimum absolute atomic E-state index is 0.0715. The first-order valence-corrected chi connectivity index (χ1v) is 8.01. The summed E-state index contributed by atoms with van der Waals surface area (Å²) in [6.07, 6.45) is 0. The Morgan fingerprint density at radius 2 is 2.16 bits per heavy atom. The molecule has 1 aromatic heterocycles. The Morgan fingerprint density at radius 3 is 2.79 bits per heavy atom. The van der Waals surface area contributed by atoms with E-state index >= 15 is 0 Å². The highest BCUT2D eigenvalue weighted by Gasteiger charge is 2.20. The molecule has 0 aliphatic carbocycles. The molecule has 0 aliphatic rings. The van der Waals surface area contributed by atoms with E-state index in [2.05, 4.69) is 26.2 Å². The van der Waals surface area contributed by atoms with Crippen molar-refractivity contribution in [2.24, 2.45) is 5.92 Å². The molecule has 1 N–H and O–H groups in total. The number of thiazole rings is 1. The number of fused-ring (bicyclic) bond motifs is 1. The molecular formula is C13H14BrClN2OS. The number of carbonyl (C=O) groups excluding carboxylic acids is 1. The molecule has 0 aliphatic heterocycles. The highest BCUT2D eigenvalue weighted by molar-refractivity contribution is 9.10. The molecule has 19 heavy (non-hydrogen) atoms. The second-order valence-electron chi connectivity index (χ2n) is 4.72. The first-order chi connectivity index (χ1) is 8.88. The van der Waals surface area contributed by atoms with Gasteiger partial charge in [0.05, 0.1) is 15.0 Å². The maximum Gasteiger partial charge on any atom is 0.240 e. The molecular weight excluding hydrogens is 348 g/mol. The lowest BCUT2D eigenvalue weighted by Crippen LogP contribution is -2.26. The van der Waals surface area contributed by atoms with Gasteiger partial charge in [0.25, 0.3) is 0 Å². The first-order valence-electron chi connectivity index (χ1n) is 5.90. The molecule has 1 atom stereocenters. The topological polar surface area (TPSA) is 42.0 Å². The van der Waals surface area contributed by atoms with Gasteiger partial charge < -0.3 is 5.32 Å². The number of amides is 1. The van der Waals surface area contributed by atoms with E-state index in [1.807, 2.05) is 32.9 Å².